The van der Waals surface area contributed by atoms with Crippen LogP contribution in [0.2, 0.25) is 0 Å². The number of aliphatic carboxylic acids is 1. The molecule has 0 aromatic heterocycles. The highest BCUT2D eigenvalue weighted by molar-refractivity contribution is 5.81. The van der Waals surface area contributed by atoms with Crippen LogP contribution >= 0.6 is 0 Å². The fraction of sp³-hybridized carbons (Fsp3) is 0.900. The third-order valence-corrected chi connectivity index (χ3v) is 3.04. The van der Waals surface area contributed by atoms with Crippen molar-refractivity contribution in [2.24, 2.45) is 0 Å². The summed E-state index contributed by atoms with van der Waals surface area (Å²) in [6.07, 6.45) is 0.471. The van der Waals surface area contributed by atoms with Gasteiger partial charge >= 0.3 is 5.97 Å². The van der Waals surface area contributed by atoms with Crippen LogP contribution < -0.4 is 5.32 Å². The number of carbonyl (C=O) groups is 1. The predicted octanol–water partition coefficient (Wildman–Crippen LogP) is 1.01. The first-order valence-electron chi connectivity index (χ1n) is 4.79. The number of hydrogen-bond acceptors (Lipinski definition) is 3. The van der Waals surface area contributed by atoms with Crippen LogP contribution in [0, 0.1) is 0 Å². The number of carboxylic acid groups (broad SMARTS) is 1. The van der Waals surface area contributed by atoms with Gasteiger partial charge in [-0.05, 0) is 34.7 Å². The lowest BCUT2D eigenvalue weighted by Crippen LogP contribution is -2.61. The molecule has 0 aromatic carbocycles. The number of nitrogens with one attached hydrogen (secondary N) is 1. The average molecular weight is 201 g/mol. The van der Waals surface area contributed by atoms with E-state index in [0.29, 0.717) is 6.42 Å². The van der Waals surface area contributed by atoms with E-state index in [1.807, 2.05) is 27.7 Å². The summed E-state index contributed by atoms with van der Waals surface area (Å²) in [7, 11) is 1.67. The molecule has 0 spiro atoms. The highest BCUT2D eigenvalue weighted by atomic mass is 16.5. The van der Waals surface area contributed by atoms with E-state index in [1.165, 1.54) is 0 Å². The van der Waals surface area contributed by atoms with Gasteiger partial charge in [-0.25, -0.2) is 0 Å². The molecule has 1 aliphatic rings. The molecule has 4 heteroatoms. The summed E-state index contributed by atoms with van der Waals surface area (Å²) in [5.41, 5.74) is -2.08. The molecule has 1 fully saturated rings. The van der Waals surface area contributed by atoms with Gasteiger partial charge in [-0.15, -0.1) is 0 Å². The highest BCUT2D eigenvalue weighted by Crippen LogP contribution is 2.44. The number of rotatable bonds is 2. The van der Waals surface area contributed by atoms with Crippen LogP contribution in [0.25, 0.3) is 0 Å². The fourth-order valence-corrected chi connectivity index (χ4v) is 2.49. The van der Waals surface area contributed by atoms with Gasteiger partial charge in [0, 0.05) is 6.42 Å². The first kappa shape index (κ1) is 11.5. The minimum absolute atomic E-state index is 0.398. The maximum Gasteiger partial charge on any atom is 0.327 e. The van der Waals surface area contributed by atoms with Crippen LogP contribution in [0.15, 0.2) is 0 Å². The summed E-state index contributed by atoms with van der Waals surface area (Å²) in [6, 6.07) is 0. The van der Waals surface area contributed by atoms with Crippen molar-refractivity contribution in [1.29, 1.82) is 0 Å². The molecule has 0 aromatic rings. The van der Waals surface area contributed by atoms with Crippen molar-refractivity contribution in [2.45, 2.75) is 50.9 Å². The van der Waals surface area contributed by atoms with E-state index in [1.54, 1.807) is 7.05 Å². The second-order valence-electron chi connectivity index (χ2n) is 5.01. The molecular weight excluding hydrogens is 182 g/mol. The molecule has 1 unspecified atom stereocenters. The summed E-state index contributed by atoms with van der Waals surface area (Å²) in [6.45, 7) is 7.45. The molecule has 1 atom stereocenters. The van der Waals surface area contributed by atoms with Crippen LogP contribution in [-0.2, 0) is 9.53 Å². The van der Waals surface area contributed by atoms with Crippen molar-refractivity contribution in [2.75, 3.05) is 7.05 Å². The average Bonchev–Trinajstić information content (AvgIpc) is 2.15. The SMILES string of the molecule is CNC1(C(=O)O)CC(C)(C)OC1(C)C. The van der Waals surface area contributed by atoms with Gasteiger partial charge in [0.25, 0.3) is 0 Å². The molecule has 0 aliphatic carbocycles. The maximum atomic E-state index is 11.3. The summed E-state index contributed by atoms with van der Waals surface area (Å²) >= 11 is 0. The van der Waals surface area contributed by atoms with E-state index in [-0.39, 0.29) is 0 Å². The molecule has 0 saturated carbocycles. The van der Waals surface area contributed by atoms with Gasteiger partial charge in [-0.3, -0.25) is 4.79 Å². The number of carboxylic acids is 1. The van der Waals surface area contributed by atoms with Crippen LogP contribution in [0.3, 0.4) is 0 Å². The number of ether oxygens (including phenoxy) is 1. The van der Waals surface area contributed by atoms with Crippen molar-refractivity contribution in [3.8, 4) is 0 Å². The molecule has 1 heterocycles. The third-order valence-electron chi connectivity index (χ3n) is 3.04. The van der Waals surface area contributed by atoms with Crippen molar-refractivity contribution in [1.82, 2.24) is 5.32 Å². The second kappa shape index (κ2) is 2.94. The van der Waals surface area contributed by atoms with Gasteiger partial charge in [0.05, 0.1) is 11.2 Å². The van der Waals surface area contributed by atoms with Crippen molar-refractivity contribution in [3.05, 3.63) is 0 Å². The molecule has 0 radical (unpaired) electrons. The zero-order valence-corrected chi connectivity index (χ0v) is 9.47. The van der Waals surface area contributed by atoms with Crippen molar-refractivity contribution in [3.63, 3.8) is 0 Å². The Morgan fingerprint density at radius 3 is 2.00 bits per heavy atom. The van der Waals surface area contributed by atoms with Crippen LogP contribution in [-0.4, -0.2) is 34.9 Å². The maximum absolute atomic E-state index is 11.3. The smallest absolute Gasteiger partial charge is 0.327 e. The summed E-state index contributed by atoms with van der Waals surface area (Å²) in [5, 5.41) is 12.2. The molecule has 0 amide bonds. The van der Waals surface area contributed by atoms with Gasteiger partial charge in [-0.2, -0.15) is 0 Å². The topological polar surface area (TPSA) is 58.6 Å². The van der Waals surface area contributed by atoms with Crippen molar-refractivity contribution >= 4 is 5.97 Å². The normalized spacial score (nSPS) is 34.4. The minimum Gasteiger partial charge on any atom is -0.480 e. The first-order chi connectivity index (χ1) is 6.17. The van der Waals surface area contributed by atoms with Gasteiger partial charge in [0.1, 0.15) is 5.54 Å². The molecule has 4 nitrogen and oxygen atoms in total. The molecule has 82 valence electrons. The second-order valence-corrected chi connectivity index (χ2v) is 5.01. The Balaban J connectivity index is 3.14. The largest absolute Gasteiger partial charge is 0.480 e. The Morgan fingerprint density at radius 2 is 1.86 bits per heavy atom. The summed E-state index contributed by atoms with van der Waals surface area (Å²) in [4.78, 5) is 11.3. The van der Waals surface area contributed by atoms with E-state index >= 15 is 0 Å². The fourth-order valence-electron chi connectivity index (χ4n) is 2.49. The Morgan fingerprint density at radius 1 is 1.36 bits per heavy atom. The third kappa shape index (κ3) is 1.42. The van der Waals surface area contributed by atoms with E-state index in [0.717, 1.165) is 0 Å². The molecule has 1 saturated heterocycles. The Hall–Kier alpha value is -0.610. The van der Waals surface area contributed by atoms with Gasteiger partial charge in [-0.1, -0.05) is 0 Å². The number of hydrogen-bond donors (Lipinski definition) is 2. The molecule has 14 heavy (non-hydrogen) atoms. The van der Waals surface area contributed by atoms with E-state index < -0.39 is 22.7 Å². The van der Waals surface area contributed by atoms with Crippen LogP contribution in [0.5, 0.6) is 0 Å². The summed E-state index contributed by atoms with van der Waals surface area (Å²) < 4.78 is 5.76. The molecule has 1 rings (SSSR count). The zero-order valence-electron chi connectivity index (χ0n) is 9.47. The van der Waals surface area contributed by atoms with Crippen LogP contribution in [0.4, 0.5) is 0 Å². The van der Waals surface area contributed by atoms with Gasteiger partial charge in [0.2, 0.25) is 0 Å². The molecule has 2 N–H and O–H groups in total. The first-order valence-corrected chi connectivity index (χ1v) is 4.79. The van der Waals surface area contributed by atoms with Crippen LogP contribution in [0.1, 0.15) is 34.1 Å². The molecular formula is C10H19NO3. The van der Waals surface area contributed by atoms with Crippen molar-refractivity contribution < 1.29 is 14.6 Å². The lowest BCUT2D eigenvalue weighted by Gasteiger charge is -2.35. The number of likely N-dealkylation sites (N-methyl/N-ethyl adjacent to an activating group) is 1. The van der Waals surface area contributed by atoms with Gasteiger partial charge in [0.15, 0.2) is 0 Å². The Kier molecular flexibility index (Phi) is 2.41. The molecule has 1 aliphatic heterocycles. The lowest BCUT2D eigenvalue weighted by molar-refractivity contribution is -0.153. The Labute approximate surface area is 84.6 Å². The quantitative estimate of drug-likeness (QED) is 0.700. The minimum atomic E-state index is -0.990. The van der Waals surface area contributed by atoms with E-state index in [4.69, 9.17) is 4.74 Å². The van der Waals surface area contributed by atoms with E-state index in [2.05, 4.69) is 5.32 Å². The lowest BCUT2D eigenvalue weighted by atomic mass is 9.79. The van der Waals surface area contributed by atoms with E-state index in [9.17, 15) is 9.90 Å². The zero-order chi connectivity index (χ0) is 11.2. The Bertz CT molecular complexity index is 260. The highest BCUT2D eigenvalue weighted by Gasteiger charge is 2.61. The predicted molar refractivity (Wildman–Crippen MR) is 53.3 cm³/mol. The van der Waals surface area contributed by atoms with Gasteiger partial charge < -0.3 is 15.2 Å². The summed E-state index contributed by atoms with van der Waals surface area (Å²) in [5.74, 6) is -0.851. The molecule has 0 bridgehead atoms. The monoisotopic (exact) mass is 201 g/mol. The standard InChI is InChI=1S/C10H19NO3/c1-8(2)6-10(11-5,7(12)13)9(3,4)14-8/h11H,6H2,1-5H3,(H,12,13).